The third kappa shape index (κ3) is 3.25. The van der Waals surface area contributed by atoms with Crippen LogP contribution < -0.4 is 5.32 Å². The Labute approximate surface area is 156 Å². The quantitative estimate of drug-likeness (QED) is 0.583. The van der Waals surface area contributed by atoms with Gasteiger partial charge in [-0.3, -0.25) is 14.1 Å². The summed E-state index contributed by atoms with van der Waals surface area (Å²) in [7, 11) is -4.80. The van der Waals surface area contributed by atoms with Crippen LogP contribution in [-0.2, 0) is 24.3 Å². The number of carbonyl (C=O) groups excluding carboxylic acids is 3. The third-order valence-electron chi connectivity index (χ3n) is 6.00. The van der Waals surface area contributed by atoms with E-state index in [1.165, 1.54) is 4.90 Å². The molecule has 4 aliphatic rings. The van der Waals surface area contributed by atoms with Gasteiger partial charge in [-0.2, -0.15) is 13.5 Å². The Morgan fingerprint density at radius 3 is 2.52 bits per heavy atom. The van der Waals surface area contributed by atoms with E-state index in [0.29, 0.717) is 17.9 Å². The molecule has 3 aliphatic heterocycles. The number of piperidine rings is 1. The van der Waals surface area contributed by atoms with Crippen LogP contribution in [0.15, 0.2) is 0 Å². The van der Waals surface area contributed by atoms with Crippen LogP contribution in [0.25, 0.3) is 0 Å². The van der Waals surface area contributed by atoms with Gasteiger partial charge in [0.1, 0.15) is 6.04 Å². The van der Waals surface area contributed by atoms with Crippen LogP contribution in [-0.4, -0.2) is 83.4 Å². The Kier molecular flexibility index (Phi) is 4.13. The Hall–Kier alpha value is -1.92. The second-order valence-corrected chi connectivity index (χ2v) is 9.00. The highest BCUT2D eigenvalue weighted by Gasteiger charge is 2.54. The smallest absolute Gasteiger partial charge is 0.352 e. The number of urea groups is 1. The maximum absolute atomic E-state index is 12.6. The summed E-state index contributed by atoms with van der Waals surface area (Å²) in [5.74, 6) is -0.202. The second-order valence-electron chi connectivity index (χ2n) is 8.00. The average molecular weight is 402 g/mol. The zero-order valence-corrected chi connectivity index (χ0v) is 15.6. The zero-order valence-electron chi connectivity index (χ0n) is 14.8. The molecule has 27 heavy (non-hydrogen) atoms. The van der Waals surface area contributed by atoms with Gasteiger partial charge >= 0.3 is 16.4 Å². The van der Waals surface area contributed by atoms with E-state index in [2.05, 4.69) is 9.60 Å². The molecule has 3 heterocycles. The number of fused-ring (bicyclic) bond motifs is 2. The number of nitrogens with zero attached hydrogens (tertiary/aromatic N) is 3. The van der Waals surface area contributed by atoms with E-state index in [-0.39, 0.29) is 29.8 Å². The molecule has 150 valence electrons. The van der Waals surface area contributed by atoms with Gasteiger partial charge in [-0.05, 0) is 25.7 Å². The number of amides is 4. The molecule has 0 aromatic rings. The predicted molar refractivity (Wildman–Crippen MR) is 89.2 cm³/mol. The molecule has 2 bridgehead atoms. The predicted octanol–water partition coefficient (Wildman–Crippen LogP) is -0.883. The Balaban J connectivity index is 1.31. The van der Waals surface area contributed by atoms with Crippen molar-refractivity contribution in [3.05, 3.63) is 0 Å². The van der Waals surface area contributed by atoms with Crippen LogP contribution in [0.1, 0.15) is 32.6 Å². The van der Waals surface area contributed by atoms with Gasteiger partial charge in [0.25, 0.3) is 0 Å². The summed E-state index contributed by atoms with van der Waals surface area (Å²) in [6, 6.07) is -1.91. The summed E-state index contributed by atoms with van der Waals surface area (Å²) >= 11 is 0. The van der Waals surface area contributed by atoms with Gasteiger partial charge in [0, 0.05) is 38.0 Å². The van der Waals surface area contributed by atoms with Crippen molar-refractivity contribution in [2.24, 2.45) is 5.41 Å². The minimum Gasteiger partial charge on any atom is -0.352 e. The molecule has 0 aromatic heterocycles. The van der Waals surface area contributed by atoms with Crippen molar-refractivity contribution in [2.75, 3.05) is 19.6 Å². The molecule has 0 aromatic carbocycles. The summed E-state index contributed by atoms with van der Waals surface area (Å²) < 4.78 is 35.0. The number of hydrogen-bond acceptors (Lipinski definition) is 6. The second kappa shape index (κ2) is 6.04. The molecule has 4 rings (SSSR count). The Morgan fingerprint density at radius 2 is 1.93 bits per heavy atom. The fourth-order valence-corrected chi connectivity index (χ4v) is 5.12. The molecule has 2 atom stereocenters. The average Bonchev–Trinajstić information content (AvgIpc) is 2.71. The monoisotopic (exact) mass is 402 g/mol. The van der Waals surface area contributed by atoms with Crippen molar-refractivity contribution in [3.63, 3.8) is 0 Å². The molecule has 4 fully saturated rings. The molecule has 3 saturated heterocycles. The van der Waals surface area contributed by atoms with Gasteiger partial charge in [0.2, 0.25) is 11.8 Å². The van der Waals surface area contributed by atoms with Crippen LogP contribution in [0.2, 0.25) is 0 Å². The van der Waals surface area contributed by atoms with Crippen LogP contribution in [0, 0.1) is 5.41 Å². The highest BCUT2D eigenvalue weighted by molar-refractivity contribution is 7.80. The molecule has 11 nitrogen and oxygen atoms in total. The number of rotatable bonds is 4. The van der Waals surface area contributed by atoms with Crippen LogP contribution in [0.4, 0.5) is 4.79 Å². The van der Waals surface area contributed by atoms with Crippen LogP contribution >= 0.6 is 0 Å². The van der Waals surface area contributed by atoms with E-state index in [1.54, 1.807) is 11.8 Å². The van der Waals surface area contributed by atoms with E-state index in [1.807, 2.05) is 0 Å². The Bertz CT molecular complexity index is 786. The van der Waals surface area contributed by atoms with E-state index in [4.69, 9.17) is 4.55 Å². The molecule has 1 spiro atoms. The van der Waals surface area contributed by atoms with E-state index in [0.717, 1.165) is 25.9 Å². The minimum absolute atomic E-state index is 0.0206. The molecule has 0 radical (unpaired) electrons. The fraction of sp³-hybridized carbons (Fsp3) is 0.800. The lowest BCUT2D eigenvalue weighted by Crippen LogP contribution is -2.68. The molecule has 12 heteroatoms. The standard InChI is InChI=1S/C15H22N4O7S/c1-9(20)17-7-15(8-17)4-10(5-15)16-13(21)12-3-2-11-6-18(12)14(22)19(11)26-27(23,24)25/h10-12H,2-8H2,1H3,(H,16,21)(H,23,24,25). The van der Waals surface area contributed by atoms with Crippen molar-refractivity contribution >= 4 is 28.2 Å². The highest BCUT2D eigenvalue weighted by atomic mass is 32.3. The first-order valence-electron chi connectivity index (χ1n) is 8.90. The molecular formula is C15H22N4O7S. The molecule has 1 aliphatic carbocycles. The first-order chi connectivity index (χ1) is 12.6. The SMILES string of the molecule is CC(=O)N1CC2(CC(NC(=O)C3CCC4CN3C(=O)N4OS(=O)(=O)O)C2)C1. The molecule has 2 N–H and O–H groups in total. The third-order valence-corrected chi connectivity index (χ3v) is 6.35. The van der Waals surface area contributed by atoms with Crippen molar-refractivity contribution in [1.29, 1.82) is 0 Å². The maximum Gasteiger partial charge on any atom is 0.418 e. The number of hydrogen-bond donors (Lipinski definition) is 2. The van der Waals surface area contributed by atoms with Gasteiger partial charge in [0.05, 0.1) is 6.04 Å². The van der Waals surface area contributed by atoms with Crippen molar-refractivity contribution in [1.82, 2.24) is 20.2 Å². The highest BCUT2D eigenvalue weighted by Crippen LogP contribution is 2.48. The molecular weight excluding hydrogens is 380 g/mol. The lowest BCUT2D eigenvalue weighted by Gasteiger charge is -2.59. The van der Waals surface area contributed by atoms with Gasteiger partial charge in [-0.1, -0.05) is 0 Å². The number of likely N-dealkylation sites (tertiary alicyclic amines) is 1. The number of hydroxylamine groups is 2. The van der Waals surface area contributed by atoms with E-state index in [9.17, 15) is 22.8 Å². The number of carbonyl (C=O) groups is 3. The molecule has 1 saturated carbocycles. The first-order valence-corrected chi connectivity index (χ1v) is 10.3. The van der Waals surface area contributed by atoms with Crippen molar-refractivity contribution < 1.29 is 31.6 Å². The van der Waals surface area contributed by atoms with Gasteiger partial charge in [0.15, 0.2) is 0 Å². The fourth-order valence-electron chi connectivity index (χ4n) is 4.73. The lowest BCUT2D eigenvalue weighted by atomic mass is 9.60. The minimum atomic E-state index is -4.80. The lowest BCUT2D eigenvalue weighted by molar-refractivity contribution is -0.151. The summed E-state index contributed by atoms with van der Waals surface area (Å²) in [5, 5.41) is 3.59. The summed E-state index contributed by atoms with van der Waals surface area (Å²) in [6.45, 7) is 3.18. The summed E-state index contributed by atoms with van der Waals surface area (Å²) in [5.41, 5.74) is 0.116. The van der Waals surface area contributed by atoms with E-state index >= 15 is 0 Å². The van der Waals surface area contributed by atoms with Crippen LogP contribution in [0.3, 0.4) is 0 Å². The summed E-state index contributed by atoms with van der Waals surface area (Å²) in [6.07, 6.45) is 2.41. The van der Waals surface area contributed by atoms with E-state index < -0.39 is 28.5 Å². The Morgan fingerprint density at radius 1 is 1.26 bits per heavy atom. The topological polar surface area (TPSA) is 137 Å². The molecule has 2 unspecified atom stereocenters. The first kappa shape index (κ1) is 18.4. The van der Waals surface area contributed by atoms with Gasteiger partial charge in [-0.15, -0.1) is 4.28 Å². The number of nitrogens with one attached hydrogen (secondary N) is 1. The van der Waals surface area contributed by atoms with Crippen molar-refractivity contribution in [2.45, 2.75) is 50.7 Å². The van der Waals surface area contributed by atoms with Crippen molar-refractivity contribution in [3.8, 4) is 0 Å². The zero-order chi connectivity index (χ0) is 19.6. The van der Waals surface area contributed by atoms with Gasteiger partial charge in [-0.25, -0.2) is 4.79 Å². The molecule has 4 amide bonds. The maximum atomic E-state index is 12.6. The summed E-state index contributed by atoms with van der Waals surface area (Å²) in [4.78, 5) is 39.3. The van der Waals surface area contributed by atoms with Crippen LogP contribution in [0.5, 0.6) is 0 Å². The normalized spacial score (nSPS) is 29.6. The largest absolute Gasteiger partial charge is 0.418 e. The van der Waals surface area contributed by atoms with Gasteiger partial charge < -0.3 is 15.1 Å².